The first-order valence-electron chi connectivity index (χ1n) is 7.25. The Kier molecular flexibility index (Phi) is 5.43. The van der Waals surface area contributed by atoms with E-state index in [9.17, 15) is 0 Å². The average molecular weight is 289 g/mol. The maximum absolute atomic E-state index is 8.96. The number of benzene rings is 1. The third kappa shape index (κ3) is 3.87. The van der Waals surface area contributed by atoms with E-state index in [0.29, 0.717) is 0 Å². The predicted octanol–water partition coefficient (Wildman–Crippen LogP) is 1.73. The first-order valence-corrected chi connectivity index (χ1v) is 7.25. The molecule has 1 saturated heterocycles. The van der Waals surface area contributed by atoms with Crippen LogP contribution in [0, 0.1) is 11.3 Å². The molecule has 1 aromatic rings. The summed E-state index contributed by atoms with van der Waals surface area (Å²) < 4.78 is 10.6. The number of hydrogen-bond acceptors (Lipinski definition) is 5. The second-order valence-electron chi connectivity index (χ2n) is 5.31. The van der Waals surface area contributed by atoms with E-state index in [1.165, 1.54) is 5.56 Å². The number of rotatable bonds is 5. The molecule has 0 aliphatic carbocycles. The van der Waals surface area contributed by atoms with Crippen LogP contribution in [0.5, 0.6) is 11.5 Å². The lowest BCUT2D eigenvalue weighted by atomic mass is 10.1. The van der Waals surface area contributed by atoms with Gasteiger partial charge in [0.05, 0.1) is 26.3 Å². The zero-order valence-corrected chi connectivity index (χ0v) is 13.0. The number of nitrogens with zero attached hydrogens (tertiary/aromatic N) is 3. The molecule has 1 heterocycles. The molecule has 5 nitrogen and oxygen atoms in total. The van der Waals surface area contributed by atoms with E-state index in [2.05, 4.69) is 21.9 Å². The maximum atomic E-state index is 8.96. The second-order valence-corrected chi connectivity index (χ2v) is 5.31. The Labute approximate surface area is 126 Å². The summed E-state index contributed by atoms with van der Waals surface area (Å²) in [5.74, 6) is 1.53. The van der Waals surface area contributed by atoms with E-state index < -0.39 is 0 Å². The summed E-state index contributed by atoms with van der Waals surface area (Å²) in [7, 11) is 3.30. The van der Waals surface area contributed by atoms with Gasteiger partial charge in [0.2, 0.25) is 0 Å². The molecule has 21 heavy (non-hydrogen) atoms. The first kappa shape index (κ1) is 15.6. The van der Waals surface area contributed by atoms with E-state index in [4.69, 9.17) is 14.7 Å². The summed E-state index contributed by atoms with van der Waals surface area (Å²) in [5.41, 5.74) is 1.22. The molecule has 1 aliphatic heterocycles. The molecule has 0 aromatic heterocycles. The molecule has 0 bridgehead atoms. The highest BCUT2D eigenvalue weighted by Gasteiger charge is 2.20. The molecule has 0 spiro atoms. The third-order valence-corrected chi connectivity index (χ3v) is 4.00. The highest BCUT2D eigenvalue weighted by Crippen LogP contribution is 2.28. The summed E-state index contributed by atoms with van der Waals surface area (Å²) in [6.07, 6.45) is 0. The number of ether oxygens (including phenoxy) is 2. The predicted molar refractivity (Wildman–Crippen MR) is 81.5 cm³/mol. The van der Waals surface area contributed by atoms with Gasteiger partial charge in [-0.25, -0.2) is 0 Å². The fraction of sp³-hybridized carbons (Fsp3) is 0.562. The minimum Gasteiger partial charge on any atom is -0.493 e. The van der Waals surface area contributed by atoms with Crippen molar-refractivity contribution in [2.75, 3.05) is 40.4 Å². The fourth-order valence-electron chi connectivity index (χ4n) is 2.63. The van der Waals surface area contributed by atoms with Gasteiger partial charge in [-0.05, 0) is 24.6 Å². The Morgan fingerprint density at radius 1 is 1.14 bits per heavy atom. The molecule has 1 aliphatic rings. The van der Waals surface area contributed by atoms with Gasteiger partial charge in [-0.3, -0.25) is 9.80 Å². The molecule has 0 N–H and O–H groups in total. The van der Waals surface area contributed by atoms with Crippen molar-refractivity contribution in [3.63, 3.8) is 0 Å². The van der Waals surface area contributed by atoms with Crippen molar-refractivity contribution >= 4 is 0 Å². The van der Waals surface area contributed by atoms with Crippen molar-refractivity contribution in [2.45, 2.75) is 19.5 Å². The van der Waals surface area contributed by atoms with E-state index in [1.807, 2.05) is 19.1 Å². The Morgan fingerprint density at radius 3 is 2.38 bits per heavy atom. The highest BCUT2D eigenvalue weighted by atomic mass is 16.5. The van der Waals surface area contributed by atoms with Crippen LogP contribution in [0.2, 0.25) is 0 Å². The van der Waals surface area contributed by atoms with Gasteiger partial charge in [0.25, 0.3) is 0 Å². The summed E-state index contributed by atoms with van der Waals surface area (Å²) in [5, 5.41) is 8.96. The van der Waals surface area contributed by atoms with Crippen molar-refractivity contribution in [1.82, 2.24) is 9.80 Å². The van der Waals surface area contributed by atoms with Gasteiger partial charge in [-0.1, -0.05) is 6.07 Å². The van der Waals surface area contributed by atoms with Gasteiger partial charge in [0.15, 0.2) is 11.5 Å². The Balaban J connectivity index is 1.93. The van der Waals surface area contributed by atoms with Crippen LogP contribution in [0.3, 0.4) is 0 Å². The van der Waals surface area contributed by atoms with Crippen LogP contribution in [0.15, 0.2) is 18.2 Å². The minimum atomic E-state index is 0.00762. The zero-order chi connectivity index (χ0) is 15.2. The van der Waals surface area contributed by atoms with Crippen LogP contribution in [-0.4, -0.2) is 56.2 Å². The minimum absolute atomic E-state index is 0.00762. The van der Waals surface area contributed by atoms with Gasteiger partial charge >= 0.3 is 0 Å². The highest BCUT2D eigenvalue weighted by molar-refractivity contribution is 5.42. The SMILES string of the molecule is COc1ccc(CN2CCN(C(C)C#N)CC2)cc1OC. The Morgan fingerprint density at radius 2 is 1.81 bits per heavy atom. The number of methoxy groups -OCH3 is 2. The van der Waals surface area contributed by atoms with E-state index in [-0.39, 0.29) is 6.04 Å². The van der Waals surface area contributed by atoms with Crippen molar-refractivity contribution < 1.29 is 9.47 Å². The quantitative estimate of drug-likeness (QED) is 0.826. The molecule has 0 saturated carbocycles. The lowest BCUT2D eigenvalue weighted by molar-refractivity contribution is 0.114. The summed E-state index contributed by atoms with van der Waals surface area (Å²) in [6.45, 7) is 6.73. The van der Waals surface area contributed by atoms with Gasteiger partial charge in [0.1, 0.15) is 0 Å². The summed E-state index contributed by atoms with van der Waals surface area (Å²) >= 11 is 0. The van der Waals surface area contributed by atoms with Crippen molar-refractivity contribution in [3.8, 4) is 17.6 Å². The smallest absolute Gasteiger partial charge is 0.161 e. The van der Waals surface area contributed by atoms with Crippen molar-refractivity contribution in [2.24, 2.45) is 0 Å². The fourth-order valence-corrected chi connectivity index (χ4v) is 2.63. The molecule has 1 fully saturated rings. The molecule has 1 aromatic carbocycles. The second kappa shape index (κ2) is 7.30. The largest absolute Gasteiger partial charge is 0.493 e. The van der Waals surface area contributed by atoms with Crippen LogP contribution in [0.1, 0.15) is 12.5 Å². The number of hydrogen-bond donors (Lipinski definition) is 0. The molecule has 5 heteroatoms. The topological polar surface area (TPSA) is 48.7 Å². The van der Waals surface area contributed by atoms with Crippen LogP contribution < -0.4 is 9.47 Å². The van der Waals surface area contributed by atoms with Crippen LogP contribution >= 0.6 is 0 Å². The standard InChI is InChI=1S/C16H23N3O2/c1-13(11-17)19-8-6-18(7-9-19)12-14-4-5-15(20-2)16(10-14)21-3/h4-5,10,13H,6-9,12H2,1-3H3. The molecule has 114 valence electrons. The maximum Gasteiger partial charge on any atom is 0.161 e. The molecule has 0 amide bonds. The van der Waals surface area contributed by atoms with E-state index in [0.717, 1.165) is 44.2 Å². The summed E-state index contributed by atoms with van der Waals surface area (Å²) in [4.78, 5) is 4.63. The van der Waals surface area contributed by atoms with E-state index in [1.54, 1.807) is 14.2 Å². The van der Waals surface area contributed by atoms with Gasteiger partial charge in [-0.2, -0.15) is 5.26 Å². The Bertz CT molecular complexity index is 505. The molecule has 1 unspecified atom stereocenters. The van der Waals surface area contributed by atoms with Crippen molar-refractivity contribution in [3.05, 3.63) is 23.8 Å². The third-order valence-electron chi connectivity index (χ3n) is 4.00. The molecular weight excluding hydrogens is 266 g/mol. The lowest BCUT2D eigenvalue weighted by Crippen LogP contribution is -2.48. The van der Waals surface area contributed by atoms with Crippen LogP contribution in [0.25, 0.3) is 0 Å². The average Bonchev–Trinajstić information content (AvgIpc) is 2.54. The first-order chi connectivity index (χ1) is 10.2. The zero-order valence-electron chi connectivity index (χ0n) is 13.0. The molecule has 1 atom stereocenters. The van der Waals surface area contributed by atoms with Gasteiger partial charge in [0, 0.05) is 32.7 Å². The number of nitriles is 1. The lowest BCUT2D eigenvalue weighted by Gasteiger charge is -2.35. The van der Waals surface area contributed by atoms with E-state index >= 15 is 0 Å². The van der Waals surface area contributed by atoms with Crippen LogP contribution in [-0.2, 0) is 6.54 Å². The number of piperazine rings is 1. The summed E-state index contributed by atoms with van der Waals surface area (Å²) in [6, 6.07) is 8.36. The van der Waals surface area contributed by atoms with Gasteiger partial charge < -0.3 is 9.47 Å². The molecule has 2 rings (SSSR count). The monoisotopic (exact) mass is 289 g/mol. The molecule has 0 radical (unpaired) electrons. The Hall–Kier alpha value is -1.77. The normalized spacial score (nSPS) is 18.0. The van der Waals surface area contributed by atoms with Crippen molar-refractivity contribution in [1.29, 1.82) is 5.26 Å². The van der Waals surface area contributed by atoms with Crippen LogP contribution in [0.4, 0.5) is 0 Å². The molecular formula is C16H23N3O2. The van der Waals surface area contributed by atoms with Gasteiger partial charge in [-0.15, -0.1) is 0 Å².